The number of para-hydroxylation sites is 1. The van der Waals surface area contributed by atoms with Crippen molar-refractivity contribution in [1.29, 1.82) is 0 Å². The summed E-state index contributed by atoms with van der Waals surface area (Å²) >= 11 is 6.10. The van der Waals surface area contributed by atoms with Crippen molar-refractivity contribution in [2.75, 3.05) is 0 Å². The third-order valence-electron chi connectivity index (χ3n) is 3.39. The maximum Gasteiger partial charge on any atom is 0.348 e. The molecular weight excluding hydrogens is 307 g/mol. The lowest BCUT2D eigenvalue weighted by Crippen LogP contribution is -2.17. The average molecular weight is 315 g/mol. The van der Waals surface area contributed by atoms with Crippen molar-refractivity contribution in [3.05, 3.63) is 63.8 Å². The van der Waals surface area contributed by atoms with Crippen LogP contribution in [0.1, 0.15) is 0 Å². The van der Waals surface area contributed by atoms with Crippen LogP contribution in [0.4, 0.5) is 4.39 Å². The molecule has 0 spiro atoms. The highest BCUT2D eigenvalue weighted by atomic mass is 35.5. The van der Waals surface area contributed by atoms with E-state index in [9.17, 15) is 9.18 Å². The summed E-state index contributed by atoms with van der Waals surface area (Å²) in [7, 11) is 0. The number of aromatic amines is 1. The number of nitrogens with zero attached hydrogens (tertiary/aromatic N) is 3. The Balaban J connectivity index is 2.07. The first-order valence-electron chi connectivity index (χ1n) is 6.47. The van der Waals surface area contributed by atoms with Gasteiger partial charge in [-0.05, 0) is 36.4 Å². The summed E-state index contributed by atoms with van der Waals surface area (Å²) in [4.78, 5) is 19.2. The number of hydrogen-bond acceptors (Lipinski definition) is 3. The minimum absolute atomic E-state index is 0.345. The summed E-state index contributed by atoms with van der Waals surface area (Å²) in [5.74, 6) is 0.000526. The minimum Gasteiger partial charge on any atom is -0.304 e. The zero-order valence-electron chi connectivity index (χ0n) is 11.0. The predicted octanol–water partition coefficient (Wildman–Crippen LogP) is 3.03. The van der Waals surface area contributed by atoms with Gasteiger partial charge in [-0.15, -0.1) is 5.10 Å². The second-order valence-corrected chi connectivity index (χ2v) is 5.18. The van der Waals surface area contributed by atoms with Crippen molar-refractivity contribution in [2.45, 2.75) is 0 Å². The number of benzene rings is 2. The van der Waals surface area contributed by atoms with Crippen LogP contribution in [0.15, 0.2) is 47.3 Å². The minimum atomic E-state index is -0.434. The average Bonchev–Trinajstić information content (AvgIpc) is 2.95. The highest BCUT2D eigenvalue weighted by Gasteiger charge is 2.13. The zero-order valence-corrected chi connectivity index (χ0v) is 11.8. The highest BCUT2D eigenvalue weighted by molar-refractivity contribution is 6.35. The van der Waals surface area contributed by atoms with E-state index in [1.807, 2.05) is 0 Å². The fraction of sp³-hybridized carbons (Fsp3) is 0. The maximum atomic E-state index is 13.0. The van der Waals surface area contributed by atoms with E-state index in [-0.39, 0.29) is 5.82 Å². The molecule has 4 rings (SSSR count). The van der Waals surface area contributed by atoms with Crippen LogP contribution in [0.25, 0.3) is 27.9 Å². The van der Waals surface area contributed by atoms with Crippen LogP contribution in [0.3, 0.4) is 0 Å². The molecule has 0 unspecified atom stereocenters. The van der Waals surface area contributed by atoms with Crippen molar-refractivity contribution < 1.29 is 4.39 Å². The third-order valence-corrected chi connectivity index (χ3v) is 3.70. The Hall–Kier alpha value is -2.73. The van der Waals surface area contributed by atoms with Crippen molar-refractivity contribution >= 4 is 28.2 Å². The van der Waals surface area contributed by atoms with E-state index in [1.165, 1.54) is 16.6 Å². The van der Waals surface area contributed by atoms with Crippen LogP contribution >= 0.6 is 11.6 Å². The van der Waals surface area contributed by atoms with Crippen molar-refractivity contribution in [2.24, 2.45) is 0 Å². The summed E-state index contributed by atoms with van der Waals surface area (Å²) in [5, 5.41) is 5.31. The van der Waals surface area contributed by atoms with Gasteiger partial charge in [0.1, 0.15) is 5.82 Å². The summed E-state index contributed by atoms with van der Waals surface area (Å²) in [5.41, 5.74) is 1.11. The molecule has 0 saturated carbocycles. The monoisotopic (exact) mass is 314 g/mol. The third kappa shape index (κ3) is 1.88. The maximum absolute atomic E-state index is 13.0. The number of aromatic nitrogens is 4. The first kappa shape index (κ1) is 13.0. The van der Waals surface area contributed by atoms with Gasteiger partial charge in [-0.1, -0.05) is 17.7 Å². The Morgan fingerprint density at radius 1 is 1.14 bits per heavy atom. The number of hydrogen-bond donors (Lipinski definition) is 1. The second kappa shape index (κ2) is 4.64. The van der Waals surface area contributed by atoms with Crippen LogP contribution in [0.2, 0.25) is 5.02 Å². The van der Waals surface area contributed by atoms with Crippen LogP contribution in [-0.4, -0.2) is 19.6 Å². The lowest BCUT2D eigenvalue weighted by molar-refractivity contribution is 0.628. The van der Waals surface area contributed by atoms with E-state index in [1.54, 1.807) is 30.3 Å². The summed E-state index contributed by atoms with van der Waals surface area (Å²) < 4.78 is 14.2. The van der Waals surface area contributed by atoms with Crippen LogP contribution in [0.5, 0.6) is 0 Å². The van der Waals surface area contributed by atoms with Crippen LogP contribution in [0, 0.1) is 5.82 Å². The molecule has 7 heteroatoms. The lowest BCUT2D eigenvalue weighted by Gasteiger charge is -2.00. The smallest absolute Gasteiger partial charge is 0.304 e. The number of fused-ring (bicyclic) bond motifs is 3. The second-order valence-electron chi connectivity index (χ2n) is 4.77. The molecule has 0 bridgehead atoms. The fourth-order valence-corrected chi connectivity index (χ4v) is 2.57. The number of halogens is 2. The number of rotatable bonds is 1. The highest BCUT2D eigenvalue weighted by Crippen LogP contribution is 2.24. The lowest BCUT2D eigenvalue weighted by atomic mass is 10.2. The molecule has 0 aliphatic rings. The van der Waals surface area contributed by atoms with E-state index in [0.717, 1.165) is 0 Å². The molecule has 5 nitrogen and oxygen atoms in total. The van der Waals surface area contributed by atoms with Gasteiger partial charge >= 0.3 is 5.69 Å². The molecule has 22 heavy (non-hydrogen) atoms. The Kier molecular flexibility index (Phi) is 2.74. The largest absolute Gasteiger partial charge is 0.348 e. The van der Waals surface area contributed by atoms with E-state index >= 15 is 0 Å². The van der Waals surface area contributed by atoms with Gasteiger partial charge in [0.25, 0.3) is 0 Å². The molecule has 2 aromatic carbocycles. The molecule has 108 valence electrons. The molecule has 0 atom stereocenters. The molecule has 0 aliphatic heterocycles. The van der Waals surface area contributed by atoms with Gasteiger partial charge in [0.05, 0.1) is 10.5 Å². The van der Waals surface area contributed by atoms with Crippen LogP contribution < -0.4 is 5.69 Å². The van der Waals surface area contributed by atoms with Crippen molar-refractivity contribution in [3.63, 3.8) is 0 Å². The van der Waals surface area contributed by atoms with Gasteiger partial charge < -0.3 is 4.98 Å². The first-order chi connectivity index (χ1) is 10.6. The van der Waals surface area contributed by atoms with Crippen molar-refractivity contribution in [1.82, 2.24) is 19.6 Å². The summed E-state index contributed by atoms with van der Waals surface area (Å²) in [6.45, 7) is 0. The zero-order chi connectivity index (χ0) is 15.3. The van der Waals surface area contributed by atoms with E-state index < -0.39 is 5.69 Å². The molecular formula is C15H8ClFN4O. The number of nitrogens with one attached hydrogen (secondary N) is 1. The fourth-order valence-electron chi connectivity index (χ4n) is 2.35. The molecule has 0 radical (unpaired) electrons. The molecule has 1 N–H and O–H groups in total. The summed E-state index contributed by atoms with van der Waals surface area (Å²) in [6.07, 6.45) is 0. The van der Waals surface area contributed by atoms with Crippen molar-refractivity contribution in [3.8, 4) is 11.4 Å². The quantitative estimate of drug-likeness (QED) is 0.587. The standard InChI is InChI=1S/C15H8ClFN4O/c16-11-3-1-2-10-12(11)18-15(22)21-14(10)19-13(20-21)8-4-6-9(17)7-5-8/h1-7H,(H,18,22). The van der Waals surface area contributed by atoms with Crippen LogP contribution in [-0.2, 0) is 0 Å². The van der Waals surface area contributed by atoms with Gasteiger partial charge in [-0.25, -0.2) is 14.2 Å². The predicted molar refractivity (Wildman–Crippen MR) is 81.5 cm³/mol. The van der Waals surface area contributed by atoms with Gasteiger partial charge in [0, 0.05) is 10.9 Å². The Labute approximate surface area is 128 Å². The Bertz CT molecular complexity index is 1070. The molecule has 0 fully saturated rings. The molecule has 2 heterocycles. The first-order valence-corrected chi connectivity index (χ1v) is 6.84. The molecule has 2 aromatic heterocycles. The van der Waals surface area contributed by atoms with Gasteiger partial charge in [-0.2, -0.15) is 4.52 Å². The van der Waals surface area contributed by atoms with E-state index in [0.29, 0.717) is 33.0 Å². The normalized spacial score (nSPS) is 11.4. The summed E-state index contributed by atoms with van der Waals surface area (Å²) in [6, 6.07) is 11.0. The number of H-pyrrole nitrogens is 1. The Morgan fingerprint density at radius 3 is 2.68 bits per heavy atom. The molecule has 0 aliphatic carbocycles. The van der Waals surface area contributed by atoms with Gasteiger partial charge in [-0.3, -0.25) is 0 Å². The van der Waals surface area contributed by atoms with E-state index in [4.69, 9.17) is 11.6 Å². The molecule has 4 aromatic rings. The Morgan fingerprint density at radius 2 is 1.91 bits per heavy atom. The SMILES string of the molecule is O=c1[nH]c2c(Cl)cccc2c2nc(-c3ccc(F)cc3)nn12. The van der Waals surface area contributed by atoms with E-state index in [2.05, 4.69) is 15.1 Å². The van der Waals surface area contributed by atoms with Gasteiger partial charge in [0.2, 0.25) is 0 Å². The molecule has 0 amide bonds. The molecule has 0 saturated heterocycles. The topological polar surface area (TPSA) is 63.0 Å². The van der Waals surface area contributed by atoms with Gasteiger partial charge in [0.15, 0.2) is 11.5 Å².